The first-order valence-electron chi connectivity index (χ1n) is 7.34. The molecule has 0 atom stereocenters. The number of benzene rings is 1. The Labute approximate surface area is 131 Å². The maximum Gasteiger partial charge on any atom is 0.162 e. The quantitative estimate of drug-likeness (QED) is 0.786. The highest BCUT2D eigenvalue weighted by molar-refractivity contribution is 6.31. The summed E-state index contributed by atoms with van der Waals surface area (Å²) in [4.78, 5) is 0. The van der Waals surface area contributed by atoms with E-state index < -0.39 is 0 Å². The zero-order valence-corrected chi connectivity index (χ0v) is 13.8. The van der Waals surface area contributed by atoms with Gasteiger partial charge in [0.15, 0.2) is 11.5 Å². The number of methoxy groups -OCH3 is 1. The molecule has 0 saturated heterocycles. The second kappa shape index (κ2) is 7.34. The van der Waals surface area contributed by atoms with Gasteiger partial charge in [0.1, 0.15) is 13.2 Å². The van der Waals surface area contributed by atoms with Gasteiger partial charge < -0.3 is 19.5 Å². The van der Waals surface area contributed by atoms with Crippen molar-refractivity contribution < 1.29 is 14.2 Å². The third-order valence-electron chi connectivity index (χ3n) is 3.77. The molecular weight excluding hydrogens is 290 g/mol. The van der Waals surface area contributed by atoms with Crippen molar-refractivity contribution in [3.05, 3.63) is 22.7 Å². The van der Waals surface area contributed by atoms with E-state index in [1.54, 1.807) is 7.11 Å². The van der Waals surface area contributed by atoms with E-state index in [0.717, 1.165) is 48.2 Å². The molecule has 118 valence electrons. The molecule has 1 N–H and O–H groups in total. The lowest BCUT2D eigenvalue weighted by molar-refractivity contribution is 0.171. The van der Waals surface area contributed by atoms with E-state index >= 15 is 0 Å². The fraction of sp³-hybridized carbons (Fsp3) is 0.625. The minimum Gasteiger partial charge on any atom is -0.486 e. The Bertz CT molecular complexity index is 477. The molecule has 2 rings (SSSR count). The van der Waals surface area contributed by atoms with Crippen LogP contribution >= 0.6 is 11.6 Å². The second-order valence-corrected chi connectivity index (χ2v) is 6.26. The minimum atomic E-state index is -0.0347. The number of rotatable bonds is 7. The third kappa shape index (κ3) is 4.25. The number of hydrogen-bond acceptors (Lipinski definition) is 4. The Balaban J connectivity index is 2.04. The Kier molecular flexibility index (Phi) is 5.73. The first-order valence-corrected chi connectivity index (χ1v) is 7.71. The average Bonchev–Trinajstić information content (AvgIpc) is 2.46. The summed E-state index contributed by atoms with van der Waals surface area (Å²) in [5, 5.41) is 4.11. The van der Waals surface area contributed by atoms with Crippen molar-refractivity contribution in [1.29, 1.82) is 0 Å². The highest BCUT2D eigenvalue weighted by Gasteiger charge is 2.26. The molecule has 1 aliphatic rings. The molecule has 0 radical (unpaired) electrons. The molecule has 0 spiro atoms. The lowest BCUT2D eigenvalue weighted by Crippen LogP contribution is -2.28. The predicted octanol–water partition coefficient (Wildman–Crippen LogP) is 3.01. The number of fused-ring (bicyclic) bond motifs is 1. The van der Waals surface area contributed by atoms with Gasteiger partial charge in [-0.1, -0.05) is 25.4 Å². The number of nitrogens with one attached hydrogen (secondary N) is 1. The molecular formula is C16H24ClNO3. The van der Waals surface area contributed by atoms with E-state index in [9.17, 15) is 0 Å². The van der Waals surface area contributed by atoms with Crippen LogP contribution in [0.1, 0.15) is 25.8 Å². The molecule has 21 heavy (non-hydrogen) atoms. The van der Waals surface area contributed by atoms with Gasteiger partial charge in [-0.3, -0.25) is 0 Å². The summed E-state index contributed by atoms with van der Waals surface area (Å²) < 4.78 is 16.2. The summed E-state index contributed by atoms with van der Waals surface area (Å²) in [6.07, 6.45) is 0.982. The van der Waals surface area contributed by atoms with Gasteiger partial charge in [-0.2, -0.15) is 0 Å². The Morgan fingerprint density at radius 2 is 1.86 bits per heavy atom. The van der Waals surface area contributed by atoms with Crippen molar-refractivity contribution in [2.24, 2.45) is 0 Å². The van der Waals surface area contributed by atoms with Crippen LogP contribution in [0.5, 0.6) is 11.5 Å². The zero-order chi connectivity index (χ0) is 15.3. The van der Waals surface area contributed by atoms with Gasteiger partial charge in [-0.15, -0.1) is 0 Å². The van der Waals surface area contributed by atoms with Crippen molar-refractivity contribution in [3.8, 4) is 11.5 Å². The lowest BCUT2D eigenvalue weighted by atomic mass is 9.81. The first kappa shape index (κ1) is 16.4. The van der Waals surface area contributed by atoms with Crippen LogP contribution in [0.4, 0.5) is 0 Å². The van der Waals surface area contributed by atoms with Gasteiger partial charge in [0.25, 0.3) is 0 Å². The Hall–Kier alpha value is -0.970. The highest BCUT2D eigenvalue weighted by atomic mass is 35.5. The highest BCUT2D eigenvalue weighted by Crippen LogP contribution is 2.41. The Morgan fingerprint density at radius 3 is 2.52 bits per heavy atom. The van der Waals surface area contributed by atoms with Gasteiger partial charge in [0.05, 0.1) is 6.61 Å². The maximum atomic E-state index is 6.43. The van der Waals surface area contributed by atoms with Crippen LogP contribution < -0.4 is 14.8 Å². The summed E-state index contributed by atoms with van der Waals surface area (Å²) in [5.41, 5.74) is 1.06. The molecule has 0 saturated carbocycles. The van der Waals surface area contributed by atoms with Gasteiger partial charge in [-0.05, 0) is 30.0 Å². The second-order valence-electron chi connectivity index (χ2n) is 5.85. The molecule has 5 heteroatoms. The average molecular weight is 314 g/mol. The molecule has 0 unspecified atom stereocenters. The molecule has 1 aromatic carbocycles. The van der Waals surface area contributed by atoms with E-state index in [1.165, 1.54) is 0 Å². The van der Waals surface area contributed by atoms with Crippen molar-refractivity contribution in [2.45, 2.75) is 25.7 Å². The Morgan fingerprint density at radius 1 is 1.19 bits per heavy atom. The largest absolute Gasteiger partial charge is 0.486 e. The molecule has 1 heterocycles. The monoisotopic (exact) mass is 313 g/mol. The zero-order valence-electron chi connectivity index (χ0n) is 13.0. The summed E-state index contributed by atoms with van der Waals surface area (Å²) in [6, 6.07) is 3.89. The standard InChI is InChI=1S/C16H24ClNO3/c1-16(2,4-5-18-6-7-19-3)12-10-14-15(11-13(12)17)21-9-8-20-14/h10-11,18H,4-9H2,1-3H3. The molecule has 4 nitrogen and oxygen atoms in total. The van der Waals surface area contributed by atoms with Gasteiger partial charge >= 0.3 is 0 Å². The predicted molar refractivity (Wildman–Crippen MR) is 84.8 cm³/mol. The van der Waals surface area contributed by atoms with Crippen molar-refractivity contribution in [1.82, 2.24) is 5.32 Å². The van der Waals surface area contributed by atoms with E-state index in [-0.39, 0.29) is 5.41 Å². The van der Waals surface area contributed by atoms with Gasteiger partial charge in [0, 0.05) is 24.7 Å². The number of halogens is 1. The van der Waals surface area contributed by atoms with Crippen molar-refractivity contribution >= 4 is 11.6 Å². The van der Waals surface area contributed by atoms with E-state index in [1.807, 2.05) is 12.1 Å². The molecule has 0 fully saturated rings. The first-order chi connectivity index (χ1) is 10.0. The molecule has 0 bridgehead atoms. The SMILES string of the molecule is COCCNCCC(C)(C)c1cc2c(cc1Cl)OCCO2. The molecule has 0 aliphatic carbocycles. The van der Waals surface area contributed by atoms with Crippen molar-refractivity contribution in [2.75, 3.05) is 40.0 Å². The van der Waals surface area contributed by atoms with Crippen LogP contribution in [-0.2, 0) is 10.2 Å². The molecule has 0 amide bonds. The maximum absolute atomic E-state index is 6.43. The molecule has 1 aliphatic heterocycles. The summed E-state index contributed by atoms with van der Waals surface area (Å²) in [6.45, 7) is 8.07. The normalized spacial score (nSPS) is 14.3. The van der Waals surface area contributed by atoms with Crippen LogP contribution in [0.3, 0.4) is 0 Å². The summed E-state index contributed by atoms with van der Waals surface area (Å²) in [7, 11) is 1.71. The van der Waals surface area contributed by atoms with Crippen LogP contribution in [0.15, 0.2) is 12.1 Å². The molecule has 0 aromatic heterocycles. The number of ether oxygens (including phenoxy) is 3. The van der Waals surface area contributed by atoms with Gasteiger partial charge in [0.2, 0.25) is 0 Å². The smallest absolute Gasteiger partial charge is 0.162 e. The van der Waals surface area contributed by atoms with Crippen LogP contribution in [0.25, 0.3) is 0 Å². The van der Waals surface area contributed by atoms with E-state index in [0.29, 0.717) is 13.2 Å². The van der Waals surface area contributed by atoms with E-state index in [4.69, 9.17) is 25.8 Å². The molecule has 1 aromatic rings. The minimum absolute atomic E-state index is 0.0347. The van der Waals surface area contributed by atoms with E-state index in [2.05, 4.69) is 19.2 Å². The fourth-order valence-corrected chi connectivity index (χ4v) is 2.83. The summed E-state index contributed by atoms with van der Waals surface area (Å²) in [5.74, 6) is 1.53. The topological polar surface area (TPSA) is 39.7 Å². The van der Waals surface area contributed by atoms with Crippen LogP contribution in [-0.4, -0.2) is 40.0 Å². The van der Waals surface area contributed by atoms with Gasteiger partial charge in [-0.25, -0.2) is 0 Å². The van der Waals surface area contributed by atoms with Crippen LogP contribution in [0.2, 0.25) is 5.02 Å². The van der Waals surface area contributed by atoms with Crippen LogP contribution in [0, 0.1) is 0 Å². The van der Waals surface area contributed by atoms with Crippen molar-refractivity contribution in [3.63, 3.8) is 0 Å². The summed E-state index contributed by atoms with van der Waals surface area (Å²) >= 11 is 6.43. The fourth-order valence-electron chi connectivity index (χ4n) is 2.42. The number of hydrogen-bond donors (Lipinski definition) is 1. The third-order valence-corrected chi connectivity index (χ3v) is 4.08. The lowest BCUT2D eigenvalue weighted by Gasteiger charge is -2.29.